The predicted molar refractivity (Wildman–Crippen MR) is 45.6 cm³/mol. The van der Waals surface area contributed by atoms with Crippen LogP contribution < -0.4 is 4.74 Å². The second-order valence-electron chi connectivity index (χ2n) is 2.88. The summed E-state index contributed by atoms with van der Waals surface area (Å²) in [5.74, 6) is -0.271. The Balaban J connectivity index is 2.44. The van der Waals surface area contributed by atoms with Gasteiger partial charge in [0.15, 0.2) is 5.75 Å². The van der Waals surface area contributed by atoms with Gasteiger partial charge in [-0.2, -0.15) is 5.10 Å². The fourth-order valence-corrected chi connectivity index (χ4v) is 0.980. The van der Waals surface area contributed by atoms with Gasteiger partial charge in [-0.05, 0) is 6.92 Å². The molecule has 72 valence electrons. The SMILES string of the molecule is C[C@H](CC(=O)O)Oc1cnn(C)c1. The van der Waals surface area contributed by atoms with E-state index in [9.17, 15) is 4.79 Å². The van der Waals surface area contributed by atoms with Crippen molar-refractivity contribution in [3.05, 3.63) is 12.4 Å². The summed E-state index contributed by atoms with van der Waals surface area (Å²) >= 11 is 0. The molecular formula is C8H12N2O3. The monoisotopic (exact) mass is 184 g/mol. The lowest BCUT2D eigenvalue weighted by Crippen LogP contribution is -2.16. The first-order valence-electron chi connectivity index (χ1n) is 3.95. The molecule has 1 N–H and O–H groups in total. The third-order valence-electron chi connectivity index (χ3n) is 1.48. The lowest BCUT2D eigenvalue weighted by molar-refractivity contribution is -0.138. The maximum absolute atomic E-state index is 10.3. The summed E-state index contributed by atoms with van der Waals surface area (Å²) in [6.07, 6.45) is 2.91. The van der Waals surface area contributed by atoms with Gasteiger partial charge in [-0.25, -0.2) is 0 Å². The van der Waals surface area contributed by atoms with Crippen molar-refractivity contribution in [2.45, 2.75) is 19.4 Å². The molecule has 0 saturated heterocycles. The van der Waals surface area contributed by atoms with E-state index in [0.29, 0.717) is 5.75 Å². The number of rotatable bonds is 4. The minimum Gasteiger partial charge on any atom is -0.487 e. The fraction of sp³-hybridized carbons (Fsp3) is 0.500. The third kappa shape index (κ3) is 3.14. The first kappa shape index (κ1) is 9.57. The van der Waals surface area contributed by atoms with Crippen LogP contribution in [0, 0.1) is 0 Å². The Morgan fingerprint density at radius 3 is 3.00 bits per heavy atom. The van der Waals surface area contributed by atoms with Gasteiger partial charge in [0.05, 0.1) is 18.8 Å². The van der Waals surface area contributed by atoms with Crippen LogP contribution in [0.4, 0.5) is 0 Å². The van der Waals surface area contributed by atoms with Gasteiger partial charge in [0.2, 0.25) is 0 Å². The molecule has 0 amide bonds. The molecule has 1 atom stereocenters. The molecular weight excluding hydrogens is 172 g/mol. The summed E-state index contributed by atoms with van der Waals surface area (Å²) in [7, 11) is 1.77. The number of carboxylic acids is 1. The summed E-state index contributed by atoms with van der Waals surface area (Å²) in [6, 6.07) is 0. The molecule has 0 aliphatic carbocycles. The number of aryl methyl sites for hydroxylation is 1. The normalized spacial score (nSPS) is 12.5. The standard InChI is InChI=1S/C8H12N2O3/c1-6(3-8(11)12)13-7-4-9-10(2)5-7/h4-6H,3H2,1-2H3,(H,11,12)/t6-/m1/s1. The molecule has 0 fully saturated rings. The van der Waals surface area contributed by atoms with E-state index in [0.717, 1.165) is 0 Å². The van der Waals surface area contributed by atoms with Crippen molar-refractivity contribution >= 4 is 5.97 Å². The summed E-state index contributed by atoms with van der Waals surface area (Å²) in [5, 5.41) is 12.4. The lowest BCUT2D eigenvalue weighted by Gasteiger charge is -2.09. The van der Waals surface area contributed by atoms with E-state index in [1.54, 1.807) is 31.0 Å². The molecule has 5 nitrogen and oxygen atoms in total. The van der Waals surface area contributed by atoms with E-state index in [1.807, 2.05) is 0 Å². The van der Waals surface area contributed by atoms with Gasteiger partial charge < -0.3 is 9.84 Å². The van der Waals surface area contributed by atoms with E-state index >= 15 is 0 Å². The van der Waals surface area contributed by atoms with Crippen molar-refractivity contribution in [2.75, 3.05) is 0 Å². The van der Waals surface area contributed by atoms with E-state index in [-0.39, 0.29) is 12.5 Å². The maximum Gasteiger partial charge on any atom is 0.307 e. The Labute approximate surface area is 75.9 Å². The minimum absolute atomic E-state index is 0.00507. The Hall–Kier alpha value is -1.52. The molecule has 13 heavy (non-hydrogen) atoms. The molecule has 0 unspecified atom stereocenters. The zero-order chi connectivity index (χ0) is 9.84. The quantitative estimate of drug-likeness (QED) is 0.746. The van der Waals surface area contributed by atoms with Gasteiger partial charge in [0, 0.05) is 7.05 Å². The summed E-state index contributed by atoms with van der Waals surface area (Å²) in [5.41, 5.74) is 0. The Bertz CT molecular complexity index is 295. The van der Waals surface area contributed by atoms with E-state index in [4.69, 9.17) is 9.84 Å². The van der Waals surface area contributed by atoms with Crippen LogP contribution in [0.5, 0.6) is 5.75 Å². The van der Waals surface area contributed by atoms with Crippen LogP contribution in [0.3, 0.4) is 0 Å². The number of ether oxygens (including phenoxy) is 1. The van der Waals surface area contributed by atoms with Crippen molar-refractivity contribution < 1.29 is 14.6 Å². The molecule has 0 saturated carbocycles. The van der Waals surface area contributed by atoms with Crippen LogP contribution in [0.25, 0.3) is 0 Å². The number of nitrogens with zero attached hydrogens (tertiary/aromatic N) is 2. The number of carbonyl (C=O) groups is 1. The first-order chi connectivity index (χ1) is 6.08. The molecule has 0 radical (unpaired) electrons. The highest BCUT2D eigenvalue weighted by Gasteiger charge is 2.09. The smallest absolute Gasteiger partial charge is 0.307 e. The second kappa shape index (κ2) is 3.93. The zero-order valence-electron chi connectivity index (χ0n) is 7.60. The predicted octanol–water partition coefficient (Wildman–Crippen LogP) is 0.662. The maximum atomic E-state index is 10.3. The van der Waals surface area contributed by atoms with Crippen molar-refractivity contribution in [2.24, 2.45) is 7.05 Å². The number of aromatic nitrogens is 2. The average Bonchev–Trinajstić information content (AvgIpc) is 2.33. The van der Waals surface area contributed by atoms with Crippen LogP contribution in [-0.4, -0.2) is 27.0 Å². The summed E-state index contributed by atoms with van der Waals surface area (Å²) < 4.78 is 6.88. The zero-order valence-corrected chi connectivity index (χ0v) is 7.60. The molecule has 0 aliphatic heterocycles. The van der Waals surface area contributed by atoms with Crippen LogP contribution in [0.2, 0.25) is 0 Å². The van der Waals surface area contributed by atoms with Crippen LogP contribution in [-0.2, 0) is 11.8 Å². The van der Waals surface area contributed by atoms with Gasteiger partial charge in [-0.15, -0.1) is 0 Å². The number of carboxylic acid groups (broad SMARTS) is 1. The van der Waals surface area contributed by atoms with Gasteiger partial charge >= 0.3 is 5.97 Å². The van der Waals surface area contributed by atoms with Crippen LogP contribution in [0.15, 0.2) is 12.4 Å². The van der Waals surface area contributed by atoms with Gasteiger partial charge in [-0.1, -0.05) is 0 Å². The molecule has 0 aromatic carbocycles. The topological polar surface area (TPSA) is 64.3 Å². The minimum atomic E-state index is -0.864. The Morgan fingerprint density at radius 2 is 2.54 bits per heavy atom. The van der Waals surface area contributed by atoms with E-state index < -0.39 is 5.97 Å². The largest absolute Gasteiger partial charge is 0.487 e. The Kier molecular flexibility index (Phi) is 2.89. The lowest BCUT2D eigenvalue weighted by atomic mass is 10.3. The molecule has 1 heterocycles. The van der Waals surface area contributed by atoms with E-state index in [1.165, 1.54) is 0 Å². The summed E-state index contributed by atoms with van der Waals surface area (Å²) in [4.78, 5) is 10.3. The second-order valence-corrected chi connectivity index (χ2v) is 2.88. The van der Waals surface area contributed by atoms with Gasteiger partial charge in [0.1, 0.15) is 6.10 Å². The number of hydrogen-bond acceptors (Lipinski definition) is 3. The van der Waals surface area contributed by atoms with Crippen molar-refractivity contribution in [3.63, 3.8) is 0 Å². The highest BCUT2D eigenvalue weighted by molar-refractivity contribution is 5.67. The highest BCUT2D eigenvalue weighted by Crippen LogP contribution is 2.10. The fourth-order valence-electron chi connectivity index (χ4n) is 0.980. The van der Waals surface area contributed by atoms with Gasteiger partial charge in [0.25, 0.3) is 0 Å². The molecule has 5 heteroatoms. The van der Waals surface area contributed by atoms with Crippen LogP contribution >= 0.6 is 0 Å². The number of aliphatic carboxylic acids is 1. The molecule has 1 aromatic heterocycles. The van der Waals surface area contributed by atoms with Crippen molar-refractivity contribution in [1.82, 2.24) is 9.78 Å². The molecule has 1 aromatic rings. The highest BCUT2D eigenvalue weighted by atomic mass is 16.5. The van der Waals surface area contributed by atoms with Crippen molar-refractivity contribution in [3.8, 4) is 5.75 Å². The van der Waals surface area contributed by atoms with Gasteiger partial charge in [-0.3, -0.25) is 9.48 Å². The summed E-state index contributed by atoms with van der Waals surface area (Å²) in [6.45, 7) is 1.71. The van der Waals surface area contributed by atoms with E-state index in [2.05, 4.69) is 5.10 Å². The molecule has 1 rings (SSSR count). The average molecular weight is 184 g/mol. The molecule has 0 bridgehead atoms. The third-order valence-corrected chi connectivity index (χ3v) is 1.48. The van der Waals surface area contributed by atoms with Crippen LogP contribution in [0.1, 0.15) is 13.3 Å². The Morgan fingerprint density at radius 1 is 1.85 bits per heavy atom. The number of hydrogen-bond donors (Lipinski definition) is 1. The molecule has 0 aliphatic rings. The first-order valence-corrected chi connectivity index (χ1v) is 3.95. The van der Waals surface area contributed by atoms with Crippen molar-refractivity contribution in [1.29, 1.82) is 0 Å². The molecule has 0 spiro atoms.